The van der Waals surface area contributed by atoms with E-state index in [1.807, 2.05) is 0 Å². The number of aryl methyl sites for hydroxylation is 2. The third-order valence-corrected chi connectivity index (χ3v) is 8.79. The highest BCUT2D eigenvalue weighted by Crippen LogP contribution is 2.39. The van der Waals surface area contributed by atoms with Crippen LogP contribution in [0.15, 0.2) is 72.8 Å². The van der Waals surface area contributed by atoms with Gasteiger partial charge < -0.3 is 15.1 Å². The minimum absolute atomic E-state index is 0.0785. The van der Waals surface area contributed by atoms with Gasteiger partial charge in [0.25, 0.3) is 0 Å². The number of nitrogens with zero attached hydrogens (tertiary/aromatic N) is 1. The van der Waals surface area contributed by atoms with Gasteiger partial charge in [-0.1, -0.05) is 102 Å². The first-order valence-corrected chi connectivity index (χ1v) is 16.0. The van der Waals surface area contributed by atoms with Crippen LogP contribution in [0.5, 0.6) is 11.5 Å². The molecule has 0 amide bonds. The molecule has 0 aromatic heterocycles. The van der Waals surface area contributed by atoms with Gasteiger partial charge in [-0.2, -0.15) is 0 Å². The van der Waals surface area contributed by atoms with Crippen molar-refractivity contribution in [2.45, 2.75) is 85.5 Å². The lowest BCUT2D eigenvalue weighted by Gasteiger charge is -2.23. The fourth-order valence-corrected chi connectivity index (χ4v) is 6.10. The smallest absolute Gasteiger partial charge is 0.126 e. The quantitative estimate of drug-likeness (QED) is 0.204. The number of phenolic OH excluding ortho intramolecular Hbond substituents is 2. The molecule has 4 aromatic rings. The minimum Gasteiger partial charge on any atom is -0.507 e. The first-order valence-electron chi connectivity index (χ1n) is 16.0. The average molecular weight is 592 g/mol. The van der Waals surface area contributed by atoms with E-state index in [9.17, 15) is 10.2 Å². The summed E-state index contributed by atoms with van der Waals surface area (Å²) in [6, 6.07) is 25.6. The molecule has 0 bridgehead atoms. The average Bonchev–Trinajstić information content (AvgIpc) is 2.94. The molecule has 0 radical (unpaired) electrons. The van der Waals surface area contributed by atoms with Gasteiger partial charge in [0.15, 0.2) is 0 Å². The summed E-state index contributed by atoms with van der Waals surface area (Å²) in [4.78, 5) is 2.21. The maximum atomic E-state index is 11.6. The Morgan fingerprint density at radius 3 is 1.27 bits per heavy atom. The third kappa shape index (κ3) is 8.12. The molecule has 4 rings (SSSR count). The second kappa shape index (κ2) is 13.2. The number of hydrogen-bond acceptors (Lipinski definition) is 3. The SMILES string of the molecule is Cc1cc(CC(CCN(C)C)Cc2cc(C)cc(-c3ccc(C(C)(C)C)cc3)c2O)c(O)c(-c2ccc(C(C)(C)C)cc2)c1. The van der Waals surface area contributed by atoms with E-state index in [1.165, 1.54) is 11.1 Å². The second-order valence-electron chi connectivity index (χ2n) is 15.2. The first kappa shape index (κ1) is 33.3. The normalized spacial score (nSPS) is 12.4. The molecule has 0 atom stereocenters. The Balaban J connectivity index is 1.67. The van der Waals surface area contributed by atoms with Crippen molar-refractivity contribution in [2.75, 3.05) is 20.6 Å². The highest BCUT2D eigenvalue weighted by molar-refractivity contribution is 5.74. The molecule has 0 saturated carbocycles. The molecule has 0 aliphatic carbocycles. The monoisotopic (exact) mass is 591 g/mol. The van der Waals surface area contributed by atoms with Crippen LogP contribution in [-0.4, -0.2) is 35.8 Å². The van der Waals surface area contributed by atoms with Crippen LogP contribution in [-0.2, 0) is 23.7 Å². The van der Waals surface area contributed by atoms with E-state index in [4.69, 9.17) is 0 Å². The Labute approximate surface area is 266 Å². The molecule has 0 aliphatic rings. The molecule has 0 heterocycles. The summed E-state index contributed by atoms with van der Waals surface area (Å²) in [5.41, 5.74) is 10.7. The largest absolute Gasteiger partial charge is 0.507 e. The Bertz CT molecular complexity index is 1450. The number of aromatic hydroxyl groups is 2. The van der Waals surface area contributed by atoms with E-state index in [1.54, 1.807) is 0 Å². The maximum Gasteiger partial charge on any atom is 0.126 e. The Hall–Kier alpha value is -3.56. The predicted octanol–water partition coefficient (Wildman–Crippen LogP) is 10.00. The molecule has 3 nitrogen and oxygen atoms in total. The van der Waals surface area contributed by atoms with Crippen LogP contribution in [0.1, 0.15) is 81.3 Å². The summed E-state index contributed by atoms with van der Waals surface area (Å²) in [6.07, 6.45) is 2.42. The summed E-state index contributed by atoms with van der Waals surface area (Å²) in [6.45, 7) is 18.5. The van der Waals surface area contributed by atoms with Gasteiger partial charge in [0.2, 0.25) is 0 Å². The Morgan fingerprint density at radius 2 is 0.955 bits per heavy atom. The highest BCUT2D eigenvalue weighted by Gasteiger charge is 2.21. The van der Waals surface area contributed by atoms with Crippen LogP contribution in [0, 0.1) is 19.8 Å². The Morgan fingerprint density at radius 1 is 0.591 bits per heavy atom. The van der Waals surface area contributed by atoms with Crippen LogP contribution >= 0.6 is 0 Å². The lowest BCUT2D eigenvalue weighted by molar-refractivity contribution is 0.342. The highest BCUT2D eigenvalue weighted by atomic mass is 16.3. The number of benzene rings is 4. The number of rotatable bonds is 9. The minimum atomic E-state index is 0.0785. The zero-order chi connectivity index (χ0) is 32.4. The van der Waals surface area contributed by atoms with Crippen molar-refractivity contribution in [1.29, 1.82) is 0 Å². The zero-order valence-corrected chi connectivity index (χ0v) is 28.7. The fraction of sp³-hybridized carbons (Fsp3) is 0.415. The van der Waals surface area contributed by atoms with E-state index in [0.717, 1.165) is 70.3 Å². The van der Waals surface area contributed by atoms with Gasteiger partial charge in [0.05, 0.1) is 0 Å². The third-order valence-electron chi connectivity index (χ3n) is 8.79. The maximum absolute atomic E-state index is 11.6. The number of hydrogen-bond donors (Lipinski definition) is 2. The molecule has 2 N–H and O–H groups in total. The summed E-state index contributed by atoms with van der Waals surface area (Å²) >= 11 is 0. The second-order valence-corrected chi connectivity index (χ2v) is 15.2. The van der Waals surface area contributed by atoms with Gasteiger partial charge in [0, 0.05) is 11.1 Å². The first-order chi connectivity index (χ1) is 20.5. The van der Waals surface area contributed by atoms with Gasteiger partial charge in [-0.3, -0.25) is 0 Å². The van der Waals surface area contributed by atoms with E-state index in [0.29, 0.717) is 11.5 Å². The van der Waals surface area contributed by atoms with Crippen LogP contribution in [0.3, 0.4) is 0 Å². The van der Waals surface area contributed by atoms with E-state index in [2.05, 4.69) is 147 Å². The van der Waals surface area contributed by atoms with Crippen molar-refractivity contribution in [3.05, 3.63) is 106 Å². The van der Waals surface area contributed by atoms with Crippen LogP contribution in [0.25, 0.3) is 22.3 Å². The topological polar surface area (TPSA) is 43.7 Å². The zero-order valence-electron chi connectivity index (χ0n) is 28.7. The van der Waals surface area contributed by atoms with Gasteiger partial charge in [-0.25, -0.2) is 0 Å². The van der Waals surface area contributed by atoms with Crippen molar-refractivity contribution in [1.82, 2.24) is 4.90 Å². The molecule has 0 fully saturated rings. The van der Waals surface area contributed by atoms with Gasteiger partial charge in [-0.15, -0.1) is 0 Å². The molecule has 0 saturated heterocycles. The molecule has 0 aliphatic heterocycles. The number of phenols is 2. The molecular weight excluding hydrogens is 538 g/mol. The van der Waals surface area contributed by atoms with Crippen molar-refractivity contribution >= 4 is 0 Å². The van der Waals surface area contributed by atoms with Crippen LogP contribution < -0.4 is 0 Å². The summed E-state index contributed by atoms with van der Waals surface area (Å²) < 4.78 is 0. The summed E-state index contributed by atoms with van der Waals surface area (Å²) in [5, 5.41) is 23.2. The molecule has 3 heteroatoms. The van der Waals surface area contributed by atoms with Crippen molar-refractivity contribution < 1.29 is 10.2 Å². The molecule has 0 unspecified atom stereocenters. The lowest BCUT2D eigenvalue weighted by Crippen LogP contribution is -2.19. The van der Waals surface area contributed by atoms with Gasteiger partial charge in [-0.05, 0) is 127 Å². The fourth-order valence-electron chi connectivity index (χ4n) is 6.10. The van der Waals surface area contributed by atoms with Crippen LogP contribution in [0.4, 0.5) is 0 Å². The van der Waals surface area contributed by atoms with E-state index >= 15 is 0 Å². The van der Waals surface area contributed by atoms with E-state index < -0.39 is 0 Å². The van der Waals surface area contributed by atoms with Crippen molar-refractivity contribution in [3.63, 3.8) is 0 Å². The summed E-state index contributed by atoms with van der Waals surface area (Å²) in [7, 11) is 4.20. The van der Waals surface area contributed by atoms with E-state index in [-0.39, 0.29) is 16.7 Å². The Kier molecular flexibility index (Phi) is 10.0. The van der Waals surface area contributed by atoms with Crippen molar-refractivity contribution in [3.8, 4) is 33.8 Å². The molecule has 0 spiro atoms. The summed E-state index contributed by atoms with van der Waals surface area (Å²) in [5.74, 6) is 0.967. The van der Waals surface area contributed by atoms with Crippen molar-refractivity contribution in [2.24, 2.45) is 5.92 Å². The van der Waals surface area contributed by atoms with Gasteiger partial charge in [0.1, 0.15) is 11.5 Å². The molecular formula is C41H53NO2. The van der Waals surface area contributed by atoms with Gasteiger partial charge >= 0.3 is 0 Å². The predicted molar refractivity (Wildman–Crippen MR) is 188 cm³/mol. The molecule has 234 valence electrons. The lowest BCUT2D eigenvalue weighted by atomic mass is 9.84. The molecule has 4 aromatic carbocycles. The molecule has 44 heavy (non-hydrogen) atoms. The van der Waals surface area contributed by atoms with Crippen LogP contribution in [0.2, 0.25) is 0 Å². The standard InChI is InChI=1S/C41H53NO2/c1-27-21-32(38(43)36(23-27)30-11-15-34(16-12-30)40(3,4)5)25-29(19-20-42(9)10)26-33-22-28(2)24-37(39(33)44)31-13-17-35(18-14-31)41(6,7)8/h11-18,21-24,29,43-44H,19-20,25-26H2,1-10H3.